The number of likely N-dealkylation sites (tertiary alicyclic amines) is 2. The van der Waals surface area contributed by atoms with E-state index in [4.69, 9.17) is 0 Å². The summed E-state index contributed by atoms with van der Waals surface area (Å²) in [4.78, 5) is 13.7. The predicted molar refractivity (Wildman–Crippen MR) is 86.0 cm³/mol. The van der Waals surface area contributed by atoms with Crippen LogP contribution in [-0.4, -0.2) is 45.9 Å². The summed E-state index contributed by atoms with van der Waals surface area (Å²) in [5, 5.41) is 0. The van der Waals surface area contributed by atoms with E-state index in [0.717, 1.165) is 24.9 Å². The number of hydrogen-bond acceptors (Lipinski definition) is 4. The summed E-state index contributed by atoms with van der Waals surface area (Å²) in [5.41, 5.74) is 2.57. The van der Waals surface area contributed by atoms with E-state index in [-0.39, 0.29) is 0 Å². The zero-order chi connectivity index (χ0) is 14.8. The van der Waals surface area contributed by atoms with Crippen LogP contribution in [0.4, 0.5) is 0 Å². The van der Waals surface area contributed by atoms with Crippen molar-refractivity contribution in [3.8, 4) is 0 Å². The van der Waals surface area contributed by atoms with Crippen LogP contribution in [0.3, 0.4) is 0 Å². The van der Waals surface area contributed by atoms with Crippen molar-refractivity contribution in [1.82, 2.24) is 19.8 Å². The standard InChI is InChI=1S/C18H22N4/c1-2-6-20-18(3-1)14-22-12-16-10-21(11-17(16)13-22)9-15-4-7-19-8-5-15/h1-8,16-17H,9-14H2/t16-,17+. The van der Waals surface area contributed by atoms with Gasteiger partial charge in [-0.25, -0.2) is 0 Å². The molecule has 4 heteroatoms. The van der Waals surface area contributed by atoms with Gasteiger partial charge in [0.05, 0.1) is 5.69 Å². The van der Waals surface area contributed by atoms with Crippen LogP contribution in [0.1, 0.15) is 11.3 Å². The van der Waals surface area contributed by atoms with Gasteiger partial charge in [0.25, 0.3) is 0 Å². The number of nitrogens with zero attached hydrogens (tertiary/aromatic N) is 4. The lowest BCUT2D eigenvalue weighted by Crippen LogP contribution is -2.28. The Kier molecular flexibility index (Phi) is 3.87. The summed E-state index contributed by atoms with van der Waals surface area (Å²) in [5.74, 6) is 1.65. The molecule has 2 fully saturated rings. The van der Waals surface area contributed by atoms with Crippen LogP contribution in [0, 0.1) is 11.8 Å². The van der Waals surface area contributed by atoms with Crippen molar-refractivity contribution in [1.29, 1.82) is 0 Å². The van der Waals surface area contributed by atoms with Crippen molar-refractivity contribution < 1.29 is 0 Å². The van der Waals surface area contributed by atoms with Crippen molar-refractivity contribution in [3.63, 3.8) is 0 Å². The molecular formula is C18H22N4. The van der Waals surface area contributed by atoms with Crippen molar-refractivity contribution in [3.05, 3.63) is 60.2 Å². The molecule has 4 nitrogen and oxygen atoms in total. The number of hydrogen-bond donors (Lipinski definition) is 0. The highest BCUT2D eigenvalue weighted by atomic mass is 15.2. The fourth-order valence-electron chi connectivity index (χ4n) is 3.91. The van der Waals surface area contributed by atoms with Gasteiger partial charge >= 0.3 is 0 Å². The van der Waals surface area contributed by atoms with E-state index in [9.17, 15) is 0 Å². The van der Waals surface area contributed by atoms with Gasteiger partial charge in [0.1, 0.15) is 0 Å². The summed E-state index contributed by atoms with van der Waals surface area (Å²) in [6.45, 7) is 6.95. The zero-order valence-electron chi connectivity index (χ0n) is 12.8. The first-order chi connectivity index (χ1) is 10.9. The van der Waals surface area contributed by atoms with Crippen LogP contribution >= 0.6 is 0 Å². The van der Waals surface area contributed by atoms with Gasteiger partial charge in [-0.15, -0.1) is 0 Å². The Bertz CT molecular complexity index is 533. The third-order valence-electron chi connectivity index (χ3n) is 4.90. The number of pyridine rings is 2. The van der Waals surface area contributed by atoms with E-state index in [1.807, 2.05) is 24.7 Å². The van der Waals surface area contributed by atoms with Gasteiger partial charge in [0.2, 0.25) is 0 Å². The van der Waals surface area contributed by atoms with Crippen molar-refractivity contribution in [2.24, 2.45) is 11.8 Å². The number of fused-ring (bicyclic) bond motifs is 1. The topological polar surface area (TPSA) is 32.3 Å². The van der Waals surface area contributed by atoms with Crippen LogP contribution < -0.4 is 0 Å². The summed E-state index contributed by atoms with van der Waals surface area (Å²) >= 11 is 0. The van der Waals surface area contributed by atoms with Crippen molar-refractivity contribution >= 4 is 0 Å². The van der Waals surface area contributed by atoms with Crippen LogP contribution in [0.25, 0.3) is 0 Å². The molecule has 2 atom stereocenters. The Morgan fingerprint density at radius 3 is 2.14 bits per heavy atom. The summed E-state index contributed by atoms with van der Waals surface area (Å²) < 4.78 is 0. The fraction of sp³-hybridized carbons (Fsp3) is 0.444. The first kappa shape index (κ1) is 13.9. The normalized spacial score (nSPS) is 25.5. The van der Waals surface area contributed by atoms with Gasteiger partial charge in [0, 0.05) is 57.9 Å². The van der Waals surface area contributed by atoms with Gasteiger partial charge in [-0.3, -0.25) is 19.8 Å². The minimum Gasteiger partial charge on any atom is -0.298 e. The summed E-state index contributed by atoms with van der Waals surface area (Å²) in [6, 6.07) is 10.4. The lowest BCUT2D eigenvalue weighted by molar-refractivity contribution is 0.245. The molecule has 0 aliphatic carbocycles. The second-order valence-electron chi connectivity index (χ2n) is 6.58. The molecule has 0 spiro atoms. The number of rotatable bonds is 4. The molecule has 4 heterocycles. The molecule has 4 rings (SSSR count). The molecule has 0 saturated carbocycles. The smallest absolute Gasteiger partial charge is 0.0543 e. The predicted octanol–water partition coefficient (Wildman–Crippen LogP) is 2.04. The molecule has 114 valence electrons. The average Bonchev–Trinajstić information content (AvgIpc) is 3.07. The summed E-state index contributed by atoms with van der Waals surface area (Å²) in [6.07, 6.45) is 5.67. The maximum Gasteiger partial charge on any atom is 0.0543 e. The molecule has 2 aliphatic rings. The van der Waals surface area contributed by atoms with E-state index >= 15 is 0 Å². The Morgan fingerprint density at radius 1 is 0.818 bits per heavy atom. The van der Waals surface area contributed by atoms with Gasteiger partial charge in [0.15, 0.2) is 0 Å². The largest absolute Gasteiger partial charge is 0.298 e. The second-order valence-corrected chi connectivity index (χ2v) is 6.58. The maximum atomic E-state index is 4.45. The molecule has 0 radical (unpaired) electrons. The van der Waals surface area contributed by atoms with Crippen LogP contribution in [0.2, 0.25) is 0 Å². The van der Waals surface area contributed by atoms with E-state index in [1.54, 1.807) is 0 Å². The molecule has 0 bridgehead atoms. The van der Waals surface area contributed by atoms with E-state index in [1.165, 1.54) is 37.4 Å². The molecule has 0 N–H and O–H groups in total. The van der Waals surface area contributed by atoms with E-state index < -0.39 is 0 Å². The quantitative estimate of drug-likeness (QED) is 0.864. The van der Waals surface area contributed by atoms with Crippen LogP contribution in [-0.2, 0) is 13.1 Å². The number of aromatic nitrogens is 2. The highest BCUT2D eigenvalue weighted by molar-refractivity contribution is 5.10. The average molecular weight is 294 g/mol. The Balaban J connectivity index is 1.31. The molecule has 22 heavy (non-hydrogen) atoms. The first-order valence-electron chi connectivity index (χ1n) is 8.10. The Morgan fingerprint density at radius 2 is 1.50 bits per heavy atom. The van der Waals surface area contributed by atoms with Gasteiger partial charge in [-0.1, -0.05) is 6.07 Å². The fourth-order valence-corrected chi connectivity index (χ4v) is 3.91. The van der Waals surface area contributed by atoms with E-state index in [2.05, 4.69) is 44.0 Å². The molecule has 2 aliphatic heterocycles. The van der Waals surface area contributed by atoms with Crippen molar-refractivity contribution in [2.45, 2.75) is 13.1 Å². The monoisotopic (exact) mass is 294 g/mol. The maximum absolute atomic E-state index is 4.45. The first-order valence-corrected chi connectivity index (χ1v) is 8.10. The lowest BCUT2D eigenvalue weighted by Gasteiger charge is -2.21. The van der Waals surface area contributed by atoms with Crippen molar-refractivity contribution in [2.75, 3.05) is 26.2 Å². The molecule has 0 aromatic carbocycles. The van der Waals surface area contributed by atoms with Crippen LogP contribution in [0.5, 0.6) is 0 Å². The SMILES string of the molecule is c1ccc(CN2C[C@H]3CN(Cc4ccncc4)C[C@H]3C2)nc1. The van der Waals surface area contributed by atoms with Gasteiger partial charge < -0.3 is 0 Å². The summed E-state index contributed by atoms with van der Waals surface area (Å²) in [7, 11) is 0. The highest BCUT2D eigenvalue weighted by Gasteiger charge is 2.39. The van der Waals surface area contributed by atoms with Gasteiger partial charge in [-0.2, -0.15) is 0 Å². The molecular weight excluding hydrogens is 272 g/mol. The molecule has 2 aromatic heterocycles. The zero-order valence-corrected chi connectivity index (χ0v) is 12.8. The molecule has 0 amide bonds. The van der Waals surface area contributed by atoms with Gasteiger partial charge in [-0.05, 0) is 41.7 Å². The third kappa shape index (κ3) is 3.03. The third-order valence-corrected chi connectivity index (χ3v) is 4.90. The minimum absolute atomic E-state index is 0.825. The lowest BCUT2D eigenvalue weighted by atomic mass is 10.0. The second kappa shape index (κ2) is 6.15. The molecule has 2 saturated heterocycles. The van der Waals surface area contributed by atoms with E-state index in [0.29, 0.717) is 0 Å². The molecule has 0 unspecified atom stereocenters. The Labute approximate surface area is 131 Å². The van der Waals surface area contributed by atoms with Crippen LogP contribution in [0.15, 0.2) is 48.9 Å². The Hall–Kier alpha value is -1.78. The molecule has 2 aromatic rings. The minimum atomic E-state index is 0.825. The highest BCUT2D eigenvalue weighted by Crippen LogP contribution is 2.32.